The Kier molecular flexibility index (Phi) is 6.91. The quantitative estimate of drug-likeness (QED) is 0.651. The van der Waals surface area contributed by atoms with Gasteiger partial charge in [-0.15, -0.1) is 0 Å². The minimum absolute atomic E-state index is 0.369. The second-order valence-electron chi connectivity index (χ2n) is 5.93. The third-order valence-electron chi connectivity index (χ3n) is 4.60. The second kappa shape index (κ2) is 8.93. The maximum atomic E-state index is 10.2. The number of nitriles is 1. The minimum atomic E-state index is -0.881. The van der Waals surface area contributed by atoms with E-state index >= 15 is 0 Å². The number of methoxy groups -OCH3 is 4. The summed E-state index contributed by atoms with van der Waals surface area (Å²) >= 11 is 0. The number of hydrogen-bond acceptors (Lipinski definition) is 5. The Balaban J connectivity index is 2.61. The van der Waals surface area contributed by atoms with Gasteiger partial charge < -0.3 is 18.9 Å². The first-order chi connectivity index (χ1) is 12.1. The van der Waals surface area contributed by atoms with Crippen LogP contribution in [0, 0.1) is 11.3 Å². The SMILES string of the molecule is COC(CC(C#N)(CC(OC)OC)c1cccc2ccccc12)OC. The normalized spacial score (nSPS) is 12.0. The highest BCUT2D eigenvalue weighted by atomic mass is 16.7. The summed E-state index contributed by atoms with van der Waals surface area (Å²) in [6.45, 7) is 0. The number of hydrogen-bond donors (Lipinski definition) is 0. The van der Waals surface area contributed by atoms with Gasteiger partial charge in [-0.1, -0.05) is 42.5 Å². The van der Waals surface area contributed by atoms with Crippen molar-refractivity contribution >= 4 is 10.8 Å². The monoisotopic (exact) mass is 343 g/mol. The summed E-state index contributed by atoms with van der Waals surface area (Å²) in [5.41, 5.74) is 0.0418. The van der Waals surface area contributed by atoms with E-state index in [1.54, 1.807) is 28.4 Å². The van der Waals surface area contributed by atoms with Crippen LogP contribution in [0.2, 0.25) is 0 Å². The van der Waals surface area contributed by atoms with E-state index < -0.39 is 18.0 Å². The van der Waals surface area contributed by atoms with Gasteiger partial charge in [0.1, 0.15) is 0 Å². The number of nitrogens with zero attached hydrogens (tertiary/aromatic N) is 1. The number of benzene rings is 2. The van der Waals surface area contributed by atoms with Crippen LogP contribution < -0.4 is 0 Å². The first-order valence-corrected chi connectivity index (χ1v) is 8.14. The molecule has 0 aromatic heterocycles. The smallest absolute Gasteiger partial charge is 0.158 e. The molecular weight excluding hydrogens is 318 g/mol. The van der Waals surface area contributed by atoms with Crippen LogP contribution in [-0.4, -0.2) is 41.0 Å². The van der Waals surface area contributed by atoms with Crippen molar-refractivity contribution < 1.29 is 18.9 Å². The predicted octanol–water partition coefficient (Wildman–Crippen LogP) is 3.62. The molecule has 0 aliphatic heterocycles. The third kappa shape index (κ3) is 4.17. The number of fused-ring (bicyclic) bond motifs is 1. The molecule has 5 heteroatoms. The van der Waals surface area contributed by atoms with Gasteiger partial charge in [0.2, 0.25) is 0 Å². The molecule has 0 unspecified atom stereocenters. The van der Waals surface area contributed by atoms with Gasteiger partial charge in [-0.05, 0) is 16.3 Å². The van der Waals surface area contributed by atoms with Crippen LogP contribution >= 0.6 is 0 Å². The van der Waals surface area contributed by atoms with E-state index in [0.29, 0.717) is 12.8 Å². The molecule has 0 aliphatic rings. The summed E-state index contributed by atoms with van der Waals surface area (Å²) in [5.74, 6) is 0. The Morgan fingerprint density at radius 1 is 0.840 bits per heavy atom. The zero-order valence-corrected chi connectivity index (χ0v) is 15.2. The zero-order chi connectivity index (χ0) is 18.3. The summed E-state index contributed by atoms with van der Waals surface area (Å²) in [4.78, 5) is 0. The predicted molar refractivity (Wildman–Crippen MR) is 96.1 cm³/mol. The van der Waals surface area contributed by atoms with Gasteiger partial charge in [0.25, 0.3) is 0 Å². The molecule has 134 valence electrons. The van der Waals surface area contributed by atoms with Gasteiger partial charge in [0.05, 0.1) is 11.5 Å². The van der Waals surface area contributed by atoms with E-state index in [2.05, 4.69) is 6.07 Å². The van der Waals surface area contributed by atoms with Gasteiger partial charge in [-0.2, -0.15) is 5.26 Å². The zero-order valence-electron chi connectivity index (χ0n) is 15.2. The minimum Gasteiger partial charge on any atom is -0.356 e. The Hall–Kier alpha value is -1.97. The summed E-state index contributed by atoms with van der Waals surface area (Å²) in [6, 6.07) is 16.5. The van der Waals surface area contributed by atoms with Gasteiger partial charge in [0.15, 0.2) is 12.6 Å². The average molecular weight is 343 g/mol. The Labute approximate surface area is 149 Å². The van der Waals surface area contributed by atoms with Crippen LogP contribution in [0.15, 0.2) is 42.5 Å². The van der Waals surface area contributed by atoms with Gasteiger partial charge in [-0.3, -0.25) is 0 Å². The van der Waals surface area contributed by atoms with Gasteiger partial charge in [-0.25, -0.2) is 0 Å². The van der Waals surface area contributed by atoms with Gasteiger partial charge in [0, 0.05) is 41.3 Å². The van der Waals surface area contributed by atoms with Crippen molar-refractivity contribution in [2.75, 3.05) is 28.4 Å². The third-order valence-corrected chi connectivity index (χ3v) is 4.60. The molecule has 0 fully saturated rings. The highest BCUT2D eigenvalue weighted by Crippen LogP contribution is 2.39. The fourth-order valence-corrected chi connectivity index (χ4v) is 3.19. The first kappa shape index (κ1) is 19.4. The maximum absolute atomic E-state index is 10.2. The van der Waals surface area contributed by atoms with E-state index in [4.69, 9.17) is 18.9 Å². The van der Waals surface area contributed by atoms with Crippen molar-refractivity contribution in [3.8, 4) is 6.07 Å². The highest BCUT2D eigenvalue weighted by molar-refractivity contribution is 5.87. The molecule has 0 amide bonds. The average Bonchev–Trinajstić information content (AvgIpc) is 2.68. The van der Waals surface area contributed by atoms with Crippen LogP contribution in [-0.2, 0) is 24.4 Å². The molecule has 0 saturated carbocycles. The fraction of sp³-hybridized carbons (Fsp3) is 0.450. The molecule has 0 N–H and O–H groups in total. The molecule has 0 aliphatic carbocycles. The Morgan fingerprint density at radius 2 is 1.36 bits per heavy atom. The van der Waals surface area contributed by atoms with Crippen molar-refractivity contribution in [3.05, 3.63) is 48.0 Å². The Bertz CT molecular complexity index is 698. The van der Waals surface area contributed by atoms with Crippen molar-refractivity contribution in [2.24, 2.45) is 0 Å². The summed E-state index contributed by atoms with van der Waals surface area (Å²) in [5, 5.41) is 12.3. The van der Waals surface area contributed by atoms with Crippen molar-refractivity contribution in [1.82, 2.24) is 0 Å². The lowest BCUT2D eigenvalue weighted by atomic mass is 9.73. The Morgan fingerprint density at radius 3 is 1.88 bits per heavy atom. The molecule has 0 radical (unpaired) electrons. The van der Waals surface area contributed by atoms with Crippen molar-refractivity contribution in [2.45, 2.75) is 30.8 Å². The lowest BCUT2D eigenvalue weighted by Gasteiger charge is -2.33. The van der Waals surface area contributed by atoms with Crippen molar-refractivity contribution in [1.29, 1.82) is 5.26 Å². The molecule has 0 bridgehead atoms. The topological polar surface area (TPSA) is 60.7 Å². The van der Waals surface area contributed by atoms with E-state index in [0.717, 1.165) is 16.3 Å². The molecule has 2 aromatic rings. The molecule has 0 saturated heterocycles. The van der Waals surface area contributed by atoms with Crippen LogP contribution in [0.5, 0.6) is 0 Å². The summed E-state index contributed by atoms with van der Waals surface area (Å²) in [6.07, 6.45) is -0.275. The molecule has 0 atom stereocenters. The number of ether oxygens (including phenoxy) is 4. The molecule has 0 heterocycles. The van der Waals surface area contributed by atoms with Gasteiger partial charge >= 0.3 is 0 Å². The maximum Gasteiger partial charge on any atom is 0.158 e. The van der Waals surface area contributed by atoms with E-state index in [1.807, 2.05) is 42.5 Å². The van der Waals surface area contributed by atoms with Crippen LogP contribution in [0.25, 0.3) is 10.8 Å². The van der Waals surface area contributed by atoms with E-state index in [9.17, 15) is 5.26 Å². The largest absolute Gasteiger partial charge is 0.356 e. The molecule has 2 rings (SSSR count). The molecule has 5 nitrogen and oxygen atoms in total. The molecule has 2 aromatic carbocycles. The fourth-order valence-electron chi connectivity index (χ4n) is 3.19. The lowest BCUT2D eigenvalue weighted by molar-refractivity contribution is -0.136. The van der Waals surface area contributed by atoms with Crippen LogP contribution in [0.1, 0.15) is 18.4 Å². The van der Waals surface area contributed by atoms with E-state index in [-0.39, 0.29) is 0 Å². The number of rotatable bonds is 9. The van der Waals surface area contributed by atoms with Crippen LogP contribution in [0.3, 0.4) is 0 Å². The molecule has 25 heavy (non-hydrogen) atoms. The second-order valence-corrected chi connectivity index (χ2v) is 5.93. The van der Waals surface area contributed by atoms with Crippen molar-refractivity contribution in [3.63, 3.8) is 0 Å². The van der Waals surface area contributed by atoms with E-state index in [1.165, 1.54) is 0 Å². The summed E-state index contributed by atoms with van der Waals surface area (Å²) < 4.78 is 21.5. The standard InChI is InChI=1S/C20H25NO4/c1-22-18(23-2)12-20(14-21,13-19(24-3)25-4)17-11-7-9-15-8-5-6-10-16(15)17/h5-11,18-19H,12-13H2,1-4H3. The molecular formula is C20H25NO4. The highest BCUT2D eigenvalue weighted by Gasteiger charge is 2.39. The summed E-state index contributed by atoms with van der Waals surface area (Å²) in [7, 11) is 6.29. The molecule has 0 spiro atoms. The lowest BCUT2D eigenvalue weighted by Crippen LogP contribution is -2.36. The van der Waals surface area contributed by atoms with Crippen LogP contribution in [0.4, 0.5) is 0 Å². The first-order valence-electron chi connectivity index (χ1n) is 8.14.